The minimum atomic E-state index is -1.10. The standard InChI is InChI=1S/C10H8O2.C3H6/c1-8-4-2-3-5-9(8)6-7-10(11)12;1-3-2/h2-5H,1H3,(H,11,12);3H,1H2,2H3. The first-order chi connectivity index (χ1) is 7.11. The van der Waals surface area contributed by atoms with Crippen molar-refractivity contribution in [3.8, 4) is 11.8 Å². The number of carbonyl (C=O) groups is 1. The van der Waals surface area contributed by atoms with E-state index in [1.807, 2.05) is 32.0 Å². The van der Waals surface area contributed by atoms with Crippen LogP contribution in [-0.2, 0) is 4.79 Å². The first kappa shape index (κ1) is 13.0. The summed E-state index contributed by atoms with van der Waals surface area (Å²) in [5, 5.41) is 8.29. The molecule has 0 atom stereocenters. The van der Waals surface area contributed by atoms with Crippen molar-refractivity contribution in [1.82, 2.24) is 0 Å². The van der Waals surface area contributed by atoms with Gasteiger partial charge < -0.3 is 5.11 Å². The van der Waals surface area contributed by atoms with Gasteiger partial charge in [0.25, 0.3) is 0 Å². The van der Waals surface area contributed by atoms with Crippen LogP contribution in [0.25, 0.3) is 0 Å². The van der Waals surface area contributed by atoms with E-state index in [2.05, 4.69) is 18.4 Å². The van der Waals surface area contributed by atoms with Gasteiger partial charge in [-0.2, -0.15) is 0 Å². The van der Waals surface area contributed by atoms with Crippen LogP contribution in [-0.4, -0.2) is 11.1 Å². The van der Waals surface area contributed by atoms with E-state index in [4.69, 9.17) is 5.11 Å². The highest BCUT2D eigenvalue weighted by molar-refractivity contribution is 5.87. The van der Waals surface area contributed by atoms with Gasteiger partial charge in [-0.1, -0.05) is 30.2 Å². The van der Waals surface area contributed by atoms with Crippen LogP contribution < -0.4 is 0 Å². The number of aliphatic carboxylic acids is 1. The van der Waals surface area contributed by atoms with Crippen molar-refractivity contribution in [2.75, 3.05) is 0 Å². The van der Waals surface area contributed by atoms with Gasteiger partial charge in [-0.25, -0.2) is 4.79 Å². The highest BCUT2D eigenvalue weighted by atomic mass is 16.4. The maximum absolute atomic E-state index is 10.1. The SMILES string of the molecule is C=CC.Cc1ccccc1C#CC(=O)O. The van der Waals surface area contributed by atoms with E-state index in [1.165, 1.54) is 0 Å². The van der Waals surface area contributed by atoms with Gasteiger partial charge in [-0.3, -0.25) is 0 Å². The monoisotopic (exact) mass is 202 g/mol. The van der Waals surface area contributed by atoms with Crippen LogP contribution in [0.5, 0.6) is 0 Å². The molecule has 0 saturated carbocycles. The predicted molar refractivity (Wildman–Crippen MR) is 61.6 cm³/mol. The Hall–Kier alpha value is -2.01. The largest absolute Gasteiger partial charge is 0.472 e. The van der Waals surface area contributed by atoms with E-state index in [-0.39, 0.29) is 0 Å². The summed E-state index contributed by atoms with van der Waals surface area (Å²) in [6, 6.07) is 7.41. The van der Waals surface area contributed by atoms with Crippen LogP contribution in [0.2, 0.25) is 0 Å². The van der Waals surface area contributed by atoms with E-state index in [9.17, 15) is 4.79 Å². The molecule has 1 rings (SSSR count). The molecule has 0 aliphatic heterocycles. The predicted octanol–water partition coefficient (Wildman–Crippen LogP) is 2.62. The van der Waals surface area contributed by atoms with Crippen LogP contribution in [0.4, 0.5) is 0 Å². The molecule has 0 heterocycles. The molecule has 0 saturated heterocycles. The van der Waals surface area contributed by atoms with Crippen molar-refractivity contribution in [1.29, 1.82) is 0 Å². The molecule has 1 aromatic rings. The Morgan fingerprint density at radius 3 is 2.47 bits per heavy atom. The smallest absolute Gasteiger partial charge is 0.382 e. The second-order valence-corrected chi connectivity index (χ2v) is 2.78. The van der Waals surface area contributed by atoms with Gasteiger partial charge in [0.2, 0.25) is 0 Å². The van der Waals surface area contributed by atoms with Gasteiger partial charge in [0.05, 0.1) is 0 Å². The van der Waals surface area contributed by atoms with Crippen molar-refractivity contribution in [2.45, 2.75) is 13.8 Å². The Morgan fingerprint density at radius 2 is 2.00 bits per heavy atom. The Balaban J connectivity index is 0.000000583. The third kappa shape index (κ3) is 6.11. The molecule has 78 valence electrons. The van der Waals surface area contributed by atoms with Gasteiger partial charge >= 0.3 is 5.97 Å². The molecule has 0 aromatic heterocycles. The number of carboxylic acids is 1. The zero-order valence-electron chi connectivity index (χ0n) is 8.95. The second kappa shape index (κ2) is 7.40. The Kier molecular flexibility index (Phi) is 6.41. The van der Waals surface area contributed by atoms with Gasteiger partial charge in [0.1, 0.15) is 0 Å². The summed E-state index contributed by atoms with van der Waals surface area (Å²) in [6.07, 6.45) is 1.75. The summed E-state index contributed by atoms with van der Waals surface area (Å²) < 4.78 is 0. The lowest BCUT2D eigenvalue weighted by Crippen LogP contribution is -1.88. The van der Waals surface area contributed by atoms with Gasteiger partial charge in [0.15, 0.2) is 0 Å². The average Bonchev–Trinajstić information content (AvgIpc) is 2.17. The third-order valence-corrected chi connectivity index (χ3v) is 1.45. The molecule has 0 fully saturated rings. The number of benzene rings is 1. The molecule has 2 heteroatoms. The van der Waals surface area contributed by atoms with E-state index in [0.29, 0.717) is 0 Å². The molecule has 1 N–H and O–H groups in total. The number of hydrogen-bond acceptors (Lipinski definition) is 1. The van der Waals surface area contributed by atoms with E-state index in [1.54, 1.807) is 12.1 Å². The molecule has 2 nitrogen and oxygen atoms in total. The highest BCUT2D eigenvalue weighted by Gasteiger charge is 1.91. The summed E-state index contributed by atoms with van der Waals surface area (Å²) >= 11 is 0. The number of aryl methyl sites for hydroxylation is 1. The molecular weight excluding hydrogens is 188 g/mol. The summed E-state index contributed by atoms with van der Waals surface area (Å²) in [6.45, 7) is 7.14. The van der Waals surface area contributed by atoms with Gasteiger partial charge in [0, 0.05) is 11.5 Å². The molecule has 1 aromatic carbocycles. The van der Waals surface area contributed by atoms with E-state index in [0.717, 1.165) is 11.1 Å². The average molecular weight is 202 g/mol. The fourth-order valence-corrected chi connectivity index (χ4v) is 0.834. The minimum Gasteiger partial charge on any atom is -0.472 e. The minimum absolute atomic E-state index is 0.764. The van der Waals surface area contributed by atoms with Crippen LogP contribution in [0.15, 0.2) is 36.9 Å². The Labute approximate surface area is 90.3 Å². The van der Waals surface area contributed by atoms with Crippen LogP contribution >= 0.6 is 0 Å². The summed E-state index contributed by atoms with van der Waals surface area (Å²) in [4.78, 5) is 10.1. The van der Waals surface area contributed by atoms with E-state index >= 15 is 0 Å². The molecule has 0 amide bonds. The van der Waals surface area contributed by atoms with Crippen molar-refractivity contribution in [3.05, 3.63) is 48.0 Å². The van der Waals surface area contributed by atoms with E-state index < -0.39 is 5.97 Å². The number of hydrogen-bond donors (Lipinski definition) is 1. The summed E-state index contributed by atoms with van der Waals surface area (Å²) in [7, 11) is 0. The first-order valence-corrected chi connectivity index (χ1v) is 4.49. The summed E-state index contributed by atoms with van der Waals surface area (Å²) in [5.74, 6) is 3.53. The fraction of sp³-hybridized carbons (Fsp3) is 0.154. The fourth-order valence-electron chi connectivity index (χ4n) is 0.834. The highest BCUT2D eigenvalue weighted by Crippen LogP contribution is 2.03. The van der Waals surface area contributed by atoms with Gasteiger partial charge in [-0.15, -0.1) is 6.58 Å². The molecule has 0 aliphatic rings. The number of carboxylic acid groups (broad SMARTS) is 1. The second-order valence-electron chi connectivity index (χ2n) is 2.78. The Morgan fingerprint density at radius 1 is 1.47 bits per heavy atom. The molecule has 0 aliphatic carbocycles. The third-order valence-electron chi connectivity index (χ3n) is 1.45. The molecule has 15 heavy (non-hydrogen) atoms. The van der Waals surface area contributed by atoms with Crippen LogP contribution in [0.3, 0.4) is 0 Å². The Bertz CT molecular complexity index is 394. The lowest BCUT2D eigenvalue weighted by molar-refractivity contribution is -0.130. The lowest BCUT2D eigenvalue weighted by atomic mass is 10.1. The molecule has 0 spiro atoms. The van der Waals surface area contributed by atoms with Crippen molar-refractivity contribution in [3.63, 3.8) is 0 Å². The quantitative estimate of drug-likeness (QED) is 0.518. The van der Waals surface area contributed by atoms with Gasteiger partial charge in [-0.05, 0) is 25.5 Å². The molecule has 0 radical (unpaired) electrons. The number of rotatable bonds is 0. The van der Waals surface area contributed by atoms with Crippen LogP contribution in [0, 0.1) is 18.8 Å². The zero-order chi connectivity index (χ0) is 11.7. The topological polar surface area (TPSA) is 37.3 Å². The zero-order valence-corrected chi connectivity index (χ0v) is 8.95. The van der Waals surface area contributed by atoms with Crippen LogP contribution in [0.1, 0.15) is 18.1 Å². The van der Waals surface area contributed by atoms with Crippen molar-refractivity contribution in [2.24, 2.45) is 0 Å². The lowest BCUT2D eigenvalue weighted by Gasteiger charge is -1.93. The number of allylic oxidation sites excluding steroid dienone is 1. The maximum Gasteiger partial charge on any atom is 0.382 e. The van der Waals surface area contributed by atoms with Crippen molar-refractivity contribution < 1.29 is 9.90 Å². The first-order valence-electron chi connectivity index (χ1n) is 4.49. The normalized spacial score (nSPS) is 7.60. The molecule has 0 bridgehead atoms. The molecule has 0 unspecified atom stereocenters. The van der Waals surface area contributed by atoms with Crippen molar-refractivity contribution >= 4 is 5.97 Å². The molecular formula is C13H14O2. The summed E-state index contributed by atoms with van der Waals surface area (Å²) in [5.41, 5.74) is 1.76. The maximum atomic E-state index is 10.1.